The fraction of sp³-hybridized carbons (Fsp3) is 0.714. The van der Waals surface area contributed by atoms with Crippen LogP contribution in [0.1, 0.15) is 19.8 Å². The molecule has 5 nitrogen and oxygen atoms in total. The third-order valence-electron chi connectivity index (χ3n) is 1.35. The SMILES string of the molecule is CC(N)=NCCCC(N)C(=O)O.Cl.Cl. The largest absolute Gasteiger partial charge is 0.480 e. The number of rotatable bonds is 5. The lowest BCUT2D eigenvalue weighted by molar-refractivity contribution is -0.138. The van der Waals surface area contributed by atoms with Gasteiger partial charge in [0.15, 0.2) is 0 Å². The second kappa shape index (κ2) is 10.6. The summed E-state index contributed by atoms with van der Waals surface area (Å²) in [6, 6.07) is -0.779. The Morgan fingerprint density at radius 1 is 1.50 bits per heavy atom. The fourth-order valence-corrected chi connectivity index (χ4v) is 0.690. The van der Waals surface area contributed by atoms with Gasteiger partial charge in [0.25, 0.3) is 0 Å². The minimum absolute atomic E-state index is 0. The first-order valence-corrected chi connectivity index (χ1v) is 3.79. The Balaban J connectivity index is -0.000000605. The highest BCUT2D eigenvalue weighted by atomic mass is 35.5. The van der Waals surface area contributed by atoms with Crippen LogP contribution in [0.25, 0.3) is 0 Å². The minimum atomic E-state index is -0.969. The number of carbonyl (C=O) groups is 1. The summed E-state index contributed by atoms with van der Waals surface area (Å²) in [5.74, 6) is -0.456. The third-order valence-corrected chi connectivity index (χ3v) is 1.35. The molecule has 86 valence electrons. The summed E-state index contributed by atoms with van der Waals surface area (Å²) in [5.41, 5.74) is 10.5. The second-order valence-electron chi connectivity index (χ2n) is 2.61. The summed E-state index contributed by atoms with van der Waals surface area (Å²) in [4.78, 5) is 14.1. The van der Waals surface area contributed by atoms with E-state index in [4.69, 9.17) is 16.6 Å². The normalized spacial score (nSPS) is 12.3. The average Bonchev–Trinajstić information content (AvgIpc) is 1.97. The Labute approximate surface area is 95.8 Å². The predicted octanol–water partition coefficient (Wildman–Crippen LogP) is 0.399. The average molecular weight is 246 g/mol. The molecule has 0 aliphatic heterocycles. The van der Waals surface area contributed by atoms with E-state index in [2.05, 4.69) is 4.99 Å². The Bertz CT molecular complexity index is 184. The van der Waals surface area contributed by atoms with Gasteiger partial charge in [0, 0.05) is 6.54 Å². The lowest BCUT2D eigenvalue weighted by atomic mass is 10.2. The molecule has 5 N–H and O–H groups in total. The molecule has 0 aromatic carbocycles. The molecule has 0 spiro atoms. The third kappa shape index (κ3) is 11.5. The quantitative estimate of drug-likeness (QED) is 0.371. The molecule has 0 saturated carbocycles. The maximum atomic E-state index is 10.2. The van der Waals surface area contributed by atoms with E-state index in [9.17, 15) is 4.79 Å². The van der Waals surface area contributed by atoms with E-state index in [1.807, 2.05) is 0 Å². The minimum Gasteiger partial charge on any atom is -0.480 e. The van der Waals surface area contributed by atoms with Crippen molar-refractivity contribution in [1.29, 1.82) is 0 Å². The summed E-state index contributed by atoms with van der Waals surface area (Å²) >= 11 is 0. The number of carboxylic acids is 1. The highest BCUT2D eigenvalue weighted by molar-refractivity contribution is 5.85. The van der Waals surface area contributed by atoms with E-state index in [0.717, 1.165) is 0 Å². The van der Waals surface area contributed by atoms with E-state index in [0.29, 0.717) is 25.2 Å². The highest BCUT2D eigenvalue weighted by Crippen LogP contribution is 1.94. The second-order valence-corrected chi connectivity index (χ2v) is 2.61. The van der Waals surface area contributed by atoms with Crippen LogP contribution in [0, 0.1) is 0 Å². The van der Waals surface area contributed by atoms with Crippen molar-refractivity contribution in [2.45, 2.75) is 25.8 Å². The van der Waals surface area contributed by atoms with E-state index >= 15 is 0 Å². The first-order chi connectivity index (χ1) is 5.54. The Morgan fingerprint density at radius 3 is 2.36 bits per heavy atom. The number of nitrogens with zero attached hydrogens (tertiary/aromatic N) is 1. The molecule has 14 heavy (non-hydrogen) atoms. The zero-order chi connectivity index (χ0) is 9.56. The Hall–Kier alpha value is -0.520. The van der Waals surface area contributed by atoms with Gasteiger partial charge in [-0.25, -0.2) is 0 Å². The number of halogens is 2. The molecule has 1 unspecified atom stereocenters. The molecule has 0 aliphatic rings. The molecule has 0 aliphatic carbocycles. The van der Waals surface area contributed by atoms with Crippen LogP contribution < -0.4 is 11.5 Å². The lowest BCUT2D eigenvalue weighted by Crippen LogP contribution is -2.30. The number of aliphatic carboxylic acids is 1. The van der Waals surface area contributed by atoms with Crippen molar-refractivity contribution in [3.63, 3.8) is 0 Å². The lowest BCUT2D eigenvalue weighted by Gasteiger charge is -2.03. The molecule has 0 amide bonds. The van der Waals surface area contributed by atoms with Gasteiger partial charge in [0.2, 0.25) is 0 Å². The van der Waals surface area contributed by atoms with Crippen LogP contribution in [-0.2, 0) is 4.79 Å². The summed E-state index contributed by atoms with van der Waals surface area (Å²) in [7, 11) is 0. The van der Waals surface area contributed by atoms with Crippen molar-refractivity contribution in [2.75, 3.05) is 6.54 Å². The Kier molecular flexibility index (Phi) is 14.4. The van der Waals surface area contributed by atoms with Gasteiger partial charge in [-0.2, -0.15) is 0 Å². The van der Waals surface area contributed by atoms with Crippen LogP contribution >= 0.6 is 24.8 Å². The maximum Gasteiger partial charge on any atom is 0.320 e. The van der Waals surface area contributed by atoms with E-state index in [1.54, 1.807) is 6.92 Å². The van der Waals surface area contributed by atoms with Crippen molar-refractivity contribution in [1.82, 2.24) is 0 Å². The first-order valence-electron chi connectivity index (χ1n) is 3.79. The van der Waals surface area contributed by atoms with Crippen molar-refractivity contribution in [2.24, 2.45) is 16.5 Å². The fourth-order valence-electron chi connectivity index (χ4n) is 0.690. The molecule has 1 atom stereocenters. The standard InChI is InChI=1S/C7H15N3O2.2ClH/c1-5(8)10-4-2-3-6(9)7(11)12;;/h6H,2-4,9H2,1H3,(H2,8,10)(H,11,12);2*1H. The van der Waals surface area contributed by atoms with Crippen LogP contribution in [0.15, 0.2) is 4.99 Å². The summed E-state index contributed by atoms with van der Waals surface area (Å²) in [6.45, 7) is 2.24. The molecular weight excluding hydrogens is 229 g/mol. The first kappa shape index (κ1) is 19.1. The molecule has 0 saturated heterocycles. The van der Waals surface area contributed by atoms with E-state index < -0.39 is 12.0 Å². The molecule has 0 aromatic heterocycles. The summed E-state index contributed by atoms with van der Waals surface area (Å²) in [5, 5.41) is 8.40. The van der Waals surface area contributed by atoms with Gasteiger partial charge in [-0.05, 0) is 19.8 Å². The Morgan fingerprint density at radius 2 is 2.00 bits per heavy atom. The molecule has 0 bridgehead atoms. The van der Waals surface area contributed by atoms with Gasteiger partial charge in [0.1, 0.15) is 6.04 Å². The van der Waals surface area contributed by atoms with Gasteiger partial charge in [-0.15, -0.1) is 24.8 Å². The molecule has 0 aromatic rings. The number of aliphatic imine (C=N–C) groups is 1. The van der Waals surface area contributed by atoms with Crippen LogP contribution in [0.4, 0.5) is 0 Å². The zero-order valence-corrected chi connectivity index (χ0v) is 9.61. The number of carboxylic acid groups (broad SMARTS) is 1. The number of hydrogen-bond donors (Lipinski definition) is 3. The molecule has 0 rings (SSSR count). The van der Waals surface area contributed by atoms with Gasteiger partial charge in [-0.3, -0.25) is 9.79 Å². The van der Waals surface area contributed by atoms with Gasteiger partial charge in [-0.1, -0.05) is 0 Å². The van der Waals surface area contributed by atoms with Gasteiger partial charge < -0.3 is 16.6 Å². The highest BCUT2D eigenvalue weighted by Gasteiger charge is 2.09. The molecule has 0 fully saturated rings. The topological polar surface area (TPSA) is 102 Å². The monoisotopic (exact) mass is 245 g/mol. The summed E-state index contributed by atoms with van der Waals surface area (Å²) < 4.78 is 0. The van der Waals surface area contributed by atoms with E-state index in [-0.39, 0.29) is 24.8 Å². The van der Waals surface area contributed by atoms with Crippen molar-refractivity contribution >= 4 is 36.6 Å². The van der Waals surface area contributed by atoms with E-state index in [1.165, 1.54) is 0 Å². The maximum absolute atomic E-state index is 10.2. The molecular formula is C7H17Cl2N3O2. The number of amidine groups is 1. The number of hydrogen-bond acceptors (Lipinski definition) is 3. The van der Waals surface area contributed by atoms with Gasteiger partial charge in [0.05, 0.1) is 5.84 Å². The van der Waals surface area contributed by atoms with Crippen LogP contribution in [0.2, 0.25) is 0 Å². The molecule has 7 heteroatoms. The van der Waals surface area contributed by atoms with Crippen molar-refractivity contribution < 1.29 is 9.90 Å². The number of nitrogens with two attached hydrogens (primary N) is 2. The summed E-state index contributed by atoms with van der Waals surface area (Å²) in [6.07, 6.45) is 1.09. The van der Waals surface area contributed by atoms with Crippen molar-refractivity contribution in [3.05, 3.63) is 0 Å². The van der Waals surface area contributed by atoms with Crippen LogP contribution in [0.3, 0.4) is 0 Å². The predicted molar refractivity (Wildman–Crippen MR) is 61.5 cm³/mol. The van der Waals surface area contributed by atoms with Crippen LogP contribution in [0.5, 0.6) is 0 Å². The molecule has 0 heterocycles. The molecule has 0 radical (unpaired) electrons. The van der Waals surface area contributed by atoms with Crippen LogP contribution in [-0.4, -0.2) is 29.5 Å². The van der Waals surface area contributed by atoms with Crippen molar-refractivity contribution in [3.8, 4) is 0 Å². The smallest absolute Gasteiger partial charge is 0.320 e. The van der Waals surface area contributed by atoms with Gasteiger partial charge >= 0.3 is 5.97 Å². The zero-order valence-electron chi connectivity index (χ0n) is 7.97.